The summed E-state index contributed by atoms with van der Waals surface area (Å²) in [6.45, 7) is 1.24. The molecule has 0 aromatic carbocycles. The lowest BCUT2D eigenvalue weighted by molar-refractivity contribution is -0.131. The fourth-order valence-electron chi connectivity index (χ4n) is 2.09. The third kappa shape index (κ3) is 2.04. The average Bonchev–Trinajstić information content (AvgIpc) is 2.88. The number of amides is 1. The molecule has 15 heavy (non-hydrogen) atoms. The Morgan fingerprint density at radius 1 is 1.73 bits per heavy atom. The van der Waals surface area contributed by atoms with Crippen molar-refractivity contribution >= 4 is 5.91 Å². The van der Waals surface area contributed by atoms with Crippen molar-refractivity contribution in [2.45, 2.75) is 18.9 Å². The maximum atomic E-state index is 11.8. The first-order valence-electron chi connectivity index (χ1n) is 5.30. The summed E-state index contributed by atoms with van der Waals surface area (Å²) in [5.41, 5.74) is 0. The molecule has 82 valence electrons. The molecule has 0 saturated carbocycles. The van der Waals surface area contributed by atoms with Crippen LogP contribution in [0.3, 0.4) is 0 Å². The van der Waals surface area contributed by atoms with Gasteiger partial charge < -0.3 is 14.6 Å². The predicted molar refractivity (Wildman–Crippen MR) is 56.3 cm³/mol. The first-order chi connectivity index (χ1) is 7.33. The van der Waals surface area contributed by atoms with E-state index in [1.165, 1.54) is 0 Å². The van der Waals surface area contributed by atoms with E-state index in [-0.39, 0.29) is 11.9 Å². The molecule has 1 N–H and O–H groups in total. The van der Waals surface area contributed by atoms with Gasteiger partial charge in [0.15, 0.2) is 0 Å². The third-order valence-electron chi connectivity index (χ3n) is 2.77. The first kappa shape index (κ1) is 10.2. The molecule has 1 amide bonds. The van der Waals surface area contributed by atoms with E-state index in [0.29, 0.717) is 6.54 Å². The molecular formula is C11H16N2O2. The van der Waals surface area contributed by atoms with E-state index in [2.05, 4.69) is 5.32 Å². The van der Waals surface area contributed by atoms with Gasteiger partial charge in [0.25, 0.3) is 0 Å². The molecule has 1 unspecified atom stereocenters. The highest BCUT2D eigenvalue weighted by Crippen LogP contribution is 2.31. The largest absolute Gasteiger partial charge is 0.467 e. The van der Waals surface area contributed by atoms with Crippen LogP contribution in [0, 0.1) is 0 Å². The summed E-state index contributed by atoms with van der Waals surface area (Å²) >= 11 is 0. The molecule has 1 fully saturated rings. The number of likely N-dealkylation sites (tertiary alicyclic amines) is 1. The van der Waals surface area contributed by atoms with Crippen molar-refractivity contribution in [3.8, 4) is 0 Å². The second-order valence-corrected chi connectivity index (χ2v) is 3.79. The van der Waals surface area contributed by atoms with Gasteiger partial charge in [0, 0.05) is 6.54 Å². The number of hydrogen-bond donors (Lipinski definition) is 1. The normalized spacial score (nSPS) is 20.9. The van der Waals surface area contributed by atoms with Crippen LogP contribution in [0.5, 0.6) is 0 Å². The molecule has 0 bridgehead atoms. The third-order valence-corrected chi connectivity index (χ3v) is 2.77. The van der Waals surface area contributed by atoms with Gasteiger partial charge in [-0.25, -0.2) is 0 Å². The van der Waals surface area contributed by atoms with E-state index in [0.717, 1.165) is 25.1 Å². The molecule has 0 aliphatic carbocycles. The maximum Gasteiger partial charge on any atom is 0.237 e. The van der Waals surface area contributed by atoms with E-state index >= 15 is 0 Å². The smallest absolute Gasteiger partial charge is 0.237 e. The molecule has 1 aromatic rings. The van der Waals surface area contributed by atoms with Gasteiger partial charge in [-0.05, 0) is 32.0 Å². The van der Waals surface area contributed by atoms with Crippen molar-refractivity contribution in [3.05, 3.63) is 24.2 Å². The fourth-order valence-corrected chi connectivity index (χ4v) is 2.09. The predicted octanol–water partition coefficient (Wildman–Crippen LogP) is 1.16. The summed E-state index contributed by atoms with van der Waals surface area (Å²) < 4.78 is 5.36. The Kier molecular flexibility index (Phi) is 3.06. The van der Waals surface area contributed by atoms with Crippen LogP contribution < -0.4 is 5.32 Å². The molecule has 4 nitrogen and oxygen atoms in total. The molecule has 1 atom stereocenters. The molecule has 0 radical (unpaired) electrons. The number of nitrogens with one attached hydrogen (secondary N) is 1. The lowest BCUT2D eigenvalue weighted by Crippen LogP contribution is -2.36. The van der Waals surface area contributed by atoms with Gasteiger partial charge in [0.1, 0.15) is 5.76 Å². The van der Waals surface area contributed by atoms with Gasteiger partial charge in [-0.15, -0.1) is 0 Å². The Hall–Kier alpha value is -1.29. The van der Waals surface area contributed by atoms with Gasteiger partial charge >= 0.3 is 0 Å². The van der Waals surface area contributed by atoms with E-state index < -0.39 is 0 Å². The number of carbonyl (C=O) groups excluding carboxylic acids is 1. The second kappa shape index (κ2) is 4.49. The Labute approximate surface area is 89.2 Å². The van der Waals surface area contributed by atoms with Gasteiger partial charge in [0.05, 0.1) is 18.8 Å². The van der Waals surface area contributed by atoms with Crippen LogP contribution in [-0.2, 0) is 4.79 Å². The number of rotatable bonds is 3. The van der Waals surface area contributed by atoms with Crippen LogP contribution in [-0.4, -0.2) is 30.9 Å². The van der Waals surface area contributed by atoms with Crippen molar-refractivity contribution in [1.82, 2.24) is 10.2 Å². The highest BCUT2D eigenvalue weighted by molar-refractivity contribution is 5.78. The zero-order valence-electron chi connectivity index (χ0n) is 8.90. The molecule has 1 aromatic heterocycles. The van der Waals surface area contributed by atoms with Crippen molar-refractivity contribution in [2.24, 2.45) is 0 Å². The highest BCUT2D eigenvalue weighted by Gasteiger charge is 2.30. The molecule has 1 saturated heterocycles. The van der Waals surface area contributed by atoms with Gasteiger partial charge in [-0.2, -0.15) is 0 Å². The van der Waals surface area contributed by atoms with Crippen LogP contribution in [0.25, 0.3) is 0 Å². The minimum Gasteiger partial charge on any atom is -0.467 e. The minimum atomic E-state index is 0.140. The summed E-state index contributed by atoms with van der Waals surface area (Å²) in [4.78, 5) is 13.7. The first-order valence-corrected chi connectivity index (χ1v) is 5.30. The molecule has 1 aliphatic heterocycles. The van der Waals surface area contributed by atoms with Crippen LogP contribution in [0.1, 0.15) is 24.6 Å². The van der Waals surface area contributed by atoms with Crippen molar-refractivity contribution in [1.29, 1.82) is 0 Å². The highest BCUT2D eigenvalue weighted by atomic mass is 16.3. The van der Waals surface area contributed by atoms with Crippen molar-refractivity contribution in [3.63, 3.8) is 0 Å². The Morgan fingerprint density at radius 2 is 2.60 bits per heavy atom. The van der Waals surface area contributed by atoms with Crippen LogP contribution >= 0.6 is 0 Å². The Morgan fingerprint density at radius 3 is 3.27 bits per heavy atom. The van der Waals surface area contributed by atoms with Gasteiger partial charge in [-0.3, -0.25) is 4.79 Å². The maximum absolute atomic E-state index is 11.8. The van der Waals surface area contributed by atoms with E-state index in [9.17, 15) is 4.79 Å². The van der Waals surface area contributed by atoms with Crippen molar-refractivity contribution < 1.29 is 9.21 Å². The average molecular weight is 208 g/mol. The quantitative estimate of drug-likeness (QED) is 0.810. The molecular weight excluding hydrogens is 192 g/mol. The zero-order valence-corrected chi connectivity index (χ0v) is 8.90. The number of hydrogen-bond acceptors (Lipinski definition) is 3. The number of furan rings is 1. The van der Waals surface area contributed by atoms with Crippen LogP contribution in [0.2, 0.25) is 0 Å². The molecule has 4 heteroatoms. The number of nitrogens with zero attached hydrogens (tertiary/aromatic N) is 1. The number of carbonyl (C=O) groups is 1. The molecule has 2 rings (SSSR count). The molecule has 1 aliphatic rings. The minimum absolute atomic E-state index is 0.140. The van der Waals surface area contributed by atoms with E-state index in [4.69, 9.17) is 4.42 Å². The summed E-state index contributed by atoms with van der Waals surface area (Å²) in [7, 11) is 1.79. The fraction of sp³-hybridized carbons (Fsp3) is 0.545. The van der Waals surface area contributed by atoms with E-state index in [1.807, 2.05) is 17.0 Å². The standard InChI is InChI=1S/C11H16N2O2/c1-12-8-11(14)13-6-2-4-9(13)10-5-3-7-15-10/h3,5,7,9,12H,2,4,6,8H2,1H3. The van der Waals surface area contributed by atoms with Crippen LogP contribution in [0.15, 0.2) is 22.8 Å². The summed E-state index contributed by atoms with van der Waals surface area (Å²) in [6.07, 6.45) is 3.72. The lowest BCUT2D eigenvalue weighted by Gasteiger charge is -2.22. The summed E-state index contributed by atoms with van der Waals surface area (Å²) in [5, 5.41) is 2.89. The van der Waals surface area contributed by atoms with Gasteiger partial charge in [0.2, 0.25) is 5.91 Å². The van der Waals surface area contributed by atoms with Crippen LogP contribution in [0.4, 0.5) is 0 Å². The number of likely N-dealkylation sites (N-methyl/N-ethyl adjacent to an activating group) is 1. The summed E-state index contributed by atoms with van der Waals surface area (Å²) in [6, 6.07) is 3.95. The second-order valence-electron chi connectivity index (χ2n) is 3.79. The lowest BCUT2D eigenvalue weighted by atomic mass is 10.1. The SMILES string of the molecule is CNCC(=O)N1CCCC1c1ccco1. The molecule has 2 heterocycles. The van der Waals surface area contributed by atoms with E-state index in [1.54, 1.807) is 13.3 Å². The molecule has 0 spiro atoms. The topological polar surface area (TPSA) is 45.5 Å². The zero-order chi connectivity index (χ0) is 10.7. The Bertz CT molecular complexity index is 321. The Balaban J connectivity index is 2.08. The van der Waals surface area contributed by atoms with Gasteiger partial charge in [-0.1, -0.05) is 0 Å². The monoisotopic (exact) mass is 208 g/mol. The summed E-state index contributed by atoms with van der Waals surface area (Å²) in [5.74, 6) is 1.05. The van der Waals surface area contributed by atoms with Crippen molar-refractivity contribution in [2.75, 3.05) is 20.1 Å².